The van der Waals surface area contributed by atoms with Gasteiger partial charge in [0.2, 0.25) is 0 Å². The van der Waals surface area contributed by atoms with Crippen molar-refractivity contribution < 1.29 is 0 Å². The Morgan fingerprint density at radius 1 is 1.50 bits per heavy atom. The Balaban J connectivity index is 2.41. The molecule has 1 aliphatic heterocycles. The van der Waals surface area contributed by atoms with Gasteiger partial charge in [-0.15, -0.1) is 0 Å². The van der Waals surface area contributed by atoms with E-state index >= 15 is 0 Å². The molecule has 0 spiro atoms. The maximum absolute atomic E-state index is 5.53. The summed E-state index contributed by atoms with van der Waals surface area (Å²) in [6.45, 7) is 4.23. The van der Waals surface area contributed by atoms with Gasteiger partial charge in [-0.1, -0.05) is 25.1 Å². The van der Waals surface area contributed by atoms with E-state index in [-0.39, 0.29) is 0 Å². The molecule has 0 aromatic carbocycles. The maximum atomic E-state index is 5.53. The molecule has 0 saturated carbocycles. The third-order valence-electron chi connectivity index (χ3n) is 2.55. The largest absolute Gasteiger partial charge is 0.392 e. The van der Waals surface area contributed by atoms with E-state index in [0.717, 1.165) is 6.54 Å². The van der Waals surface area contributed by atoms with Gasteiger partial charge in [-0.25, -0.2) is 0 Å². The second-order valence-electron chi connectivity index (χ2n) is 3.64. The summed E-state index contributed by atoms with van der Waals surface area (Å²) in [6.07, 6.45) is 5.31. The molecule has 2 N–H and O–H groups in total. The first-order valence-electron chi connectivity index (χ1n) is 4.72. The molecule has 1 atom stereocenters. The molecule has 1 rings (SSSR count). The minimum Gasteiger partial charge on any atom is -0.392 e. The summed E-state index contributed by atoms with van der Waals surface area (Å²) in [5.74, 6) is 0. The molecule has 2 nitrogen and oxygen atoms in total. The lowest BCUT2D eigenvalue weighted by atomic mass is 10.1. The number of likely N-dealkylation sites (tertiary alicyclic amines) is 1. The Morgan fingerprint density at radius 2 is 2.25 bits per heavy atom. The molecule has 0 amide bonds. The molecule has 1 saturated heterocycles. The van der Waals surface area contributed by atoms with Crippen molar-refractivity contribution in [3.8, 4) is 0 Å². The number of rotatable bonds is 2. The number of hydrogen-bond donors (Lipinski definition) is 1. The van der Waals surface area contributed by atoms with Gasteiger partial charge in [0, 0.05) is 12.6 Å². The molecule has 0 aliphatic carbocycles. The summed E-state index contributed by atoms with van der Waals surface area (Å²) in [4.78, 5) is 3.03. The highest BCUT2D eigenvalue weighted by Crippen LogP contribution is 2.15. The maximum Gasteiger partial charge on any atom is 0.0870 e. The zero-order chi connectivity index (χ0) is 8.97. The first-order valence-corrected chi connectivity index (χ1v) is 5.13. The minimum atomic E-state index is 0.628. The fourth-order valence-corrected chi connectivity index (χ4v) is 1.94. The summed E-state index contributed by atoms with van der Waals surface area (Å²) in [7, 11) is 0. The summed E-state index contributed by atoms with van der Waals surface area (Å²) in [5.41, 5.74) is 5.53. The zero-order valence-corrected chi connectivity index (χ0v) is 8.57. The SMILES string of the molecule is CC1CCCCCN1CC(N)=S. The van der Waals surface area contributed by atoms with E-state index in [9.17, 15) is 0 Å². The molecular formula is C9H18N2S. The third-order valence-corrected chi connectivity index (χ3v) is 2.68. The van der Waals surface area contributed by atoms with Gasteiger partial charge in [-0.3, -0.25) is 4.90 Å². The first-order chi connectivity index (χ1) is 5.70. The number of hydrogen-bond acceptors (Lipinski definition) is 2. The summed E-state index contributed by atoms with van der Waals surface area (Å²) >= 11 is 4.91. The average molecular weight is 186 g/mol. The monoisotopic (exact) mass is 186 g/mol. The second kappa shape index (κ2) is 4.77. The fourth-order valence-electron chi connectivity index (χ4n) is 1.77. The Morgan fingerprint density at radius 3 is 2.92 bits per heavy atom. The van der Waals surface area contributed by atoms with Gasteiger partial charge < -0.3 is 5.73 Å². The molecule has 1 fully saturated rings. The normalized spacial score (nSPS) is 26.6. The van der Waals surface area contributed by atoms with Crippen molar-refractivity contribution in [3.63, 3.8) is 0 Å². The molecule has 70 valence electrons. The lowest BCUT2D eigenvalue weighted by Crippen LogP contribution is -2.38. The molecular weight excluding hydrogens is 168 g/mol. The zero-order valence-electron chi connectivity index (χ0n) is 7.75. The van der Waals surface area contributed by atoms with Crippen LogP contribution < -0.4 is 5.73 Å². The third kappa shape index (κ3) is 3.07. The topological polar surface area (TPSA) is 29.3 Å². The van der Waals surface area contributed by atoms with Crippen LogP contribution >= 0.6 is 12.2 Å². The molecule has 12 heavy (non-hydrogen) atoms. The van der Waals surface area contributed by atoms with Crippen molar-refractivity contribution in [1.29, 1.82) is 0 Å². The Labute approximate surface area is 80.1 Å². The highest BCUT2D eigenvalue weighted by Gasteiger charge is 2.16. The van der Waals surface area contributed by atoms with Crippen LogP contribution in [0.3, 0.4) is 0 Å². The smallest absolute Gasteiger partial charge is 0.0870 e. The summed E-state index contributed by atoms with van der Waals surface area (Å²) in [5, 5.41) is 0. The van der Waals surface area contributed by atoms with Gasteiger partial charge in [0.05, 0.1) is 4.99 Å². The highest BCUT2D eigenvalue weighted by molar-refractivity contribution is 7.80. The molecule has 1 heterocycles. The lowest BCUT2D eigenvalue weighted by molar-refractivity contribution is 0.245. The first kappa shape index (κ1) is 9.93. The second-order valence-corrected chi connectivity index (χ2v) is 4.16. The van der Waals surface area contributed by atoms with Crippen LogP contribution in [-0.4, -0.2) is 29.0 Å². The van der Waals surface area contributed by atoms with E-state index in [2.05, 4.69) is 11.8 Å². The Hall–Kier alpha value is -0.150. The van der Waals surface area contributed by atoms with Crippen LogP contribution in [0.1, 0.15) is 32.6 Å². The van der Waals surface area contributed by atoms with E-state index < -0.39 is 0 Å². The van der Waals surface area contributed by atoms with Crippen molar-refractivity contribution in [2.75, 3.05) is 13.1 Å². The molecule has 0 aromatic rings. The van der Waals surface area contributed by atoms with Gasteiger partial charge in [-0.05, 0) is 26.3 Å². The Bertz CT molecular complexity index is 159. The number of thiocarbonyl (C=S) groups is 1. The van der Waals surface area contributed by atoms with Gasteiger partial charge in [0.1, 0.15) is 0 Å². The van der Waals surface area contributed by atoms with E-state index in [1.54, 1.807) is 0 Å². The minimum absolute atomic E-state index is 0.628. The van der Waals surface area contributed by atoms with Crippen LogP contribution in [0.4, 0.5) is 0 Å². The van der Waals surface area contributed by atoms with Gasteiger partial charge in [0.15, 0.2) is 0 Å². The Kier molecular flexibility index (Phi) is 3.95. The number of nitrogens with two attached hydrogens (primary N) is 1. The number of nitrogens with zero attached hydrogens (tertiary/aromatic N) is 1. The van der Waals surface area contributed by atoms with Crippen molar-refractivity contribution >= 4 is 17.2 Å². The fraction of sp³-hybridized carbons (Fsp3) is 0.889. The van der Waals surface area contributed by atoms with Crippen LogP contribution in [0.25, 0.3) is 0 Å². The van der Waals surface area contributed by atoms with Gasteiger partial charge in [-0.2, -0.15) is 0 Å². The van der Waals surface area contributed by atoms with Crippen LogP contribution in [0.15, 0.2) is 0 Å². The van der Waals surface area contributed by atoms with Crippen molar-refractivity contribution in [1.82, 2.24) is 4.90 Å². The van der Waals surface area contributed by atoms with Crippen LogP contribution in [0.2, 0.25) is 0 Å². The van der Waals surface area contributed by atoms with E-state index in [1.165, 1.54) is 32.2 Å². The van der Waals surface area contributed by atoms with Crippen LogP contribution in [0.5, 0.6) is 0 Å². The van der Waals surface area contributed by atoms with E-state index in [4.69, 9.17) is 18.0 Å². The molecule has 0 aromatic heterocycles. The van der Waals surface area contributed by atoms with E-state index in [0.29, 0.717) is 11.0 Å². The van der Waals surface area contributed by atoms with Crippen molar-refractivity contribution in [2.24, 2.45) is 5.73 Å². The predicted octanol–water partition coefficient (Wildman–Crippen LogP) is 1.54. The van der Waals surface area contributed by atoms with Gasteiger partial charge in [0.25, 0.3) is 0 Å². The quantitative estimate of drug-likeness (QED) is 0.663. The summed E-state index contributed by atoms with van der Waals surface area (Å²) in [6, 6.07) is 0.661. The molecule has 1 aliphatic rings. The molecule has 0 bridgehead atoms. The standard InChI is InChI=1S/C9H18N2S/c1-8-5-3-2-4-6-11(8)7-9(10)12/h8H,2-7H2,1H3,(H2,10,12). The van der Waals surface area contributed by atoms with Crippen LogP contribution in [-0.2, 0) is 0 Å². The lowest BCUT2D eigenvalue weighted by Gasteiger charge is -2.25. The van der Waals surface area contributed by atoms with Crippen LogP contribution in [0, 0.1) is 0 Å². The summed E-state index contributed by atoms with van der Waals surface area (Å²) < 4.78 is 0. The molecule has 3 heteroatoms. The van der Waals surface area contributed by atoms with E-state index in [1.807, 2.05) is 0 Å². The molecule has 0 radical (unpaired) electrons. The highest BCUT2D eigenvalue weighted by atomic mass is 32.1. The predicted molar refractivity (Wildman–Crippen MR) is 56.3 cm³/mol. The van der Waals surface area contributed by atoms with Crippen molar-refractivity contribution in [2.45, 2.75) is 38.6 Å². The van der Waals surface area contributed by atoms with Crippen molar-refractivity contribution in [3.05, 3.63) is 0 Å². The average Bonchev–Trinajstić information content (AvgIpc) is 2.16. The van der Waals surface area contributed by atoms with Gasteiger partial charge >= 0.3 is 0 Å². The molecule has 1 unspecified atom stereocenters.